The molecule has 5 heteroatoms. The molecule has 0 radical (unpaired) electrons. The number of carboxylic acids is 1. The summed E-state index contributed by atoms with van der Waals surface area (Å²) in [7, 11) is 1.64. The molecule has 1 aromatic rings. The first-order valence-electron chi connectivity index (χ1n) is 6.35. The van der Waals surface area contributed by atoms with Crippen LogP contribution in [0.5, 0.6) is 0 Å². The van der Waals surface area contributed by atoms with Crippen LogP contribution in [0.3, 0.4) is 0 Å². The van der Waals surface area contributed by atoms with Crippen molar-refractivity contribution in [1.29, 1.82) is 0 Å². The highest BCUT2D eigenvalue weighted by Crippen LogP contribution is 2.36. The van der Waals surface area contributed by atoms with Gasteiger partial charge >= 0.3 is 5.97 Å². The van der Waals surface area contributed by atoms with E-state index in [2.05, 4.69) is 28.1 Å². The van der Waals surface area contributed by atoms with Crippen LogP contribution in [-0.4, -0.2) is 42.8 Å². The molecular weight excluding hydrogens is 310 g/mol. The number of halogens is 1. The van der Waals surface area contributed by atoms with Crippen LogP contribution in [0.25, 0.3) is 0 Å². The molecule has 0 bridgehead atoms. The van der Waals surface area contributed by atoms with Gasteiger partial charge in [-0.15, -0.1) is 0 Å². The minimum absolute atomic E-state index is 0.0591. The molecule has 0 saturated heterocycles. The normalized spacial score (nSPS) is 17.7. The van der Waals surface area contributed by atoms with Crippen molar-refractivity contribution < 1.29 is 14.6 Å². The Morgan fingerprint density at radius 3 is 3.05 bits per heavy atom. The number of nitrogens with zero attached hydrogens (tertiary/aromatic N) is 1. The fourth-order valence-corrected chi connectivity index (χ4v) is 3.08. The Labute approximate surface area is 121 Å². The van der Waals surface area contributed by atoms with Gasteiger partial charge in [-0.2, -0.15) is 0 Å². The molecule has 0 aliphatic heterocycles. The highest BCUT2D eigenvalue weighted by molar-refractivity contribution is 9.10. The van der Waals surface area contributed by atoms with E-state index in [1.165, 1.54) is 11.1 Å². The summed E-state index contributed by atoms with van der Waals surface area (Å²) >= 11 is 3.48. The van der Waals surface area contributed by atoms with Crippen molar-refractivity contribution in [3.05, 3.63) is 33.8 Å². The predicted molar refractivity (Wildman–Crippen MR) is 76.3 cm³/mol. The van der Waals surface area contributed by atoms with Crippen LogP contribution < -0.4 is 0 Å². The van der Waals surface area contributed by atoms with Crippen LogP contribution in [0.4, 0.5) is 0 Å². The zero-order chi connectivity index (χ0) is 13.8. The van der Waals surface area contributed by atoms with E-state index in [9.17, 15) is 4.79 Å². The summed E-state index contributed by atoms with van der Waals surface area (Å²) in [4.78, 5) is 13.0. The van der Waals surface area contributed by atoms with Gasteiger partial charge in [0.2, 0.25) is 0 Å². The van der Waals surface area contributed by atoms with Crippen molar-refractivity contribution in [2.45, 2.75) is 18.9 Å². The van der Waals surface area contributed by atoms with Gasteiger partial charge in [0.1, 0.15) is 0 Å². The molecule has 2 rings (SSSR count). The van der Waals surface area contributed by atoms with Gasteiger partial charge in [0.25, 0.3) is 0 Å². The average molecular weight is 328 g/mol. The number of aryl methyl sites for hydroxylation is 1. The van der Waals surface area contributed by atoms with Crippen LogP contribution in [0.1, 0.15) is 23.6 Å². The quantitative estimate of drug-likeness (QED) is 0.872. The van der Waals surface area contributed by atoms with Crippen molar-refractivity contribution in [3.63, 3.8) is 0 Å². The minimum Gasteiger partial charge on any atom is -0.480 e. The van der Waals surface area contributed by atoms with Crippen molar-refractivity contribution in [2.75, 3.05) is 26.8 Å². The van der Waals surface area contributed by atoms with E-state index in [4.69, 9.17) is 9.84 Å². The largest absolute Gasteiger partial charge is 0.480 e. The van der Waals surface area contributed by atoms with Gasteiger partial charge in [0, 0.05) is 24.2 Å². The third-order valence-corrected chi connectivity index (χ3v) is 4.01. The molecule has 4 nitrogen and oxygen atoms in total. The molecule has 19 heavy (non-hydrogen) atoms. The number of benzene rings is 1. The summed E-state index contributed by atoms with van der Waals surface area (Å²) in [5.74, 6) is -0.790. The monoisotopic (exact) mass is 327 g/mol. The topological polar surface area (TPSA) is 49.8 Å². The lowest BCUT2D eigenvalue weighted by atomic mass is 10.1. The van der Waals surface area contributed by atoms with E-state index in [0.29, 0.717) is 13.2 Å². The third-order valence-electron chi connectivity index (χ3n) is 3.51. The molecule has 1 aromatic carbocycles. The lowest BCUT2D eigenvalue weighted by Crippen LogP contribution is -2.35. The maximum atomic E-state index is 11.0. The minimum atomic E-state index is -0.790. The molecule has 0 saturated carbocycles. The zero-order valence-electron chi connectivity index (χ0n) is 10.9. The number of rotatable bonds is 6. The number of carboxylic acid groups (broad SMARTS) is 1. The van der Waals surface area contributed by atoms with Gasteiger partial charge in [0.05, 0.1) is 13.2 Å². The number of carbonyl (C=O) groups is 1. The SMILES string of the molecule is COCCN(CC(=O)O)C1CCc2cc(Br)ccc21. The van der Waals surface area contributed by atoms with E-state index in [0.717, 1.165) is 17.3 Å². The number of ether oxygens (including phenoxy) is 1. The Morgan fingerprint density at radius 1 is 1.58 bits per heavy atom. The molecule has 1 N–H and O–H groups in total. The van der Waals surface area contributed by atoms with Gasteiger partial charge in [-0.05, 0) is 36.1 Å². The van der Waals surface area contributed by atoms with E-state index in [-0.39, 0.29) is 12.6 Å². The molecule has 0 amide bonds. The summed E-state index contributed by atoms with van der Waals surface area (Å²) in [5, 5.41) is 9.05. The molecular formula is C14H18BrNO3. The van der Waals surface area contributed by atoms with Crippen molar-refractivity contribution in [3.8, 4) is 0 Å². The fourth-order valence-electron chi connectivity index (χ4n) is 2.67. The Balaban J connectivity index is 2.17. The van der Waals surface area contributed by atoms with E-state index < -0.39 is 5.97 Å². The number of hydrogen-bond acceptors (Lipinski definition) is 3. The number of methoxy groups -OCH3 is 1. The van der Waals surface area contributed by atoms with Gasteiger partial charge in [-0.1, -0.05) is 22.0 Å². The molecule has 0 heterocycles. The van der Waals surface area contributed by atoms with Crippen LogP contribution in [-0.2, 0) is 16.0 Å². The molecule has 1 unspecified atom stereocenters. The molecule has 1 atom stereocenters. The highest BCUT2D eigenvalue weighted by atomic mass is 79.9. The first-order chi connectivity index (χ1) is 9.11. The summed E-state index contributed by atoms with van der Waals surface area (Å²) in [5.41, 5.74) is 2.56. The molecule has 0 aromatic heterocycles. The van der Waals surface area contributed by atoms with Gasteiger partial charge in [-0.25, -0.2) is 0 Å². The second-order valence-corrected chi connectivity index (χ2v) is 5.67. The van der Waals surface area contributed by atoms with Gasteiger partial charge in [0.15, 0.2) is 0 Å². The summed E-state index contributed by atoms with van der Waals surface area (Å²) in [6.45, 7) is 1.25. The lowest BCUT2D eigenvalue weighted by molar-refractivity contribution is -0.139. The van der Waals surface area contributed by atoms with Gasteiger partial charge < -0.3 is 9.84 Å². The van der Waals surface area contributed by atoms with Crippen LogP contribution in [0, 0.1) is 0 Å². The van der Waals surface area contributed by atoms with Crippen molar-refractivity contribution in [2.24, 2.45) is 0 Å². The zero-order valence-corrected chi connectivity index (χ0v) is 12.5. The number of fused-ring (bicyclic) bond motifs is 1. The Hall–Kier alpha value is -0.910. The first-order valence-corrected chi connectivity index (χ1v) is 7.14. The highest BCUT2D eigenvalue weighted by Gasteiger charge is 2.28. The maximum absolute atomic E-state index is 11.0. The predicted octanol–water partition coefficient (Wildman–Crippen LogP) is 2.47. The molecule has 0 spiro atoms. The second kappa shape index (κ2) is 6.50. The molecule has 1 aliphatic carbocycles. The Bertz CT molecular complexity index is 464. The van der Waals surface area contributed by atoms with E-state index in [1.54, 1.807) is 7.11 Å². The number of hydrogen-bond donors (Lipinski definition) is 1. The first kappa shape index (κ1) is 14.5. The standard InChI is InChI=1S/C14H18BrNO3/c1-19-7-6-16(9-14(17)18)13-5-2-10-8-11(15)3-4-12(10)13/h3-4,8,13H,2,5-7,9H2,1H3,(H,17,18). The lowest BCUT2D eigenvalue weighted by Gasteiger charge is -2.27. The van der Waals surface area contributed by atoms with Crippen molar-refractivity contribution >= 4 is 21.9 Å². The third kappa shape index (κ3) is 3.55. The Morgan fingerprint density at radius 2 is 2.37 bits per heavy atom. The Kier molecular flexibility index (Phi) is 4.96. The smallest absolute Gasteiger partial charge is 0.317 e. The second-order valence-electron chi connectivity index (χ2n) is 4.75. The number of aliphatic carboxylic acids is 1. The molecule has 1 aliphatic rings. The van der Waals surface area contributed by atoms with Crippen LogP contribution >= 0.6 is 15.9 Å². The van der Waals surface area contributed by atoms with E-state index in [1.807, 2.05) is 11.0 Å². The van der Waals surface area contributed by atoms with Crippen molar-refractivity contribution in [1.82, 2.24) is 4.90 Å². The summed E-state index contributed by atoms with van der Waals surface area (Å²) in [6.07, 6.45) is 1.98. The van der Waals surface area contributed by atoms with Crippen LogP contribution in [0.15, 0.2) is 22.7 Å². The summed E-state index contributed by atoms with van der Waals surface area (Å²) < 4.78 is 6.16. The average Bonchev–Trinajstić information content (AvgIpc) is 2.76. The van der Waals surface area contributed by atoms with E-state index >= 15 is 0 Å². The maximum Gasteiger partial charge on any atom is 0.317 e. The molecule has 104 valence electrons. The van der Waals surface area contributed by atoms with Gasteiger partial charge in [-0.3, -0.25) is 9.69 Å². The summed E-state index contributed by atoms with van der Waals surface area (Å²) in [6, 6.07) is 6.44. The molecule has 0 fully saturated rings. The fraction of sp³-hybridized carbons (Fsp3) is 0.500. The van der Waals surface area contributed by atoms with Crippen LogP contribution in [0.2, 0.25) is 0 Å².